The molecule has 1 N–H and O–H groups in total. The van der Waals surface area contributed by atoms with Crippen molar-refractivity contribution in [3.05, 3.63) is 16.1 Å². The predicted molar refractivity (Wildman–Crippen MR) is 67.1 cm³/mol. The Hall–Kier alpha value is -0.450. The molecule has 1 aliphatic heterocycles. The van der Waals surface area contributed by atoms with Gasteiger partial charge in [-0.3, -0.25) is 0 Å². The van der Waals surface area contributed by atoms with Gasteiger partial charge in [-0.25, -0.2) is 4.98 Å². The summed E-state index contributed by atoms with van der Waals surface area (Å²) in [6, 6.07) is 0. The SMILES string of the molecule is CCN1CCC(c2nc(C(C)CO)cs2)C1. The highest BCUT2D eigenvalue weighted by molar-refractivity contribution is 7.09. The molecular weight excluding hydrogens is 220 g/mol. The lowest BCUT2D eigenvalue weighted by molar-refractivity contribution is 0.271. The van der Waals surface area contributed by atoms with Crippen LogP contribution < -0.4 is 0 Å². The fourth-order valence-electron chi connectivity index (χ4n) is 2.13. The molecule has 1 aliphatic rings. The molecule has 2 heterocycles. The van der Waals surface area contributed by atoms with Gasteiger partial charge < -0.3 is 10.0 Å². The second-order valence-corrected chi connectivity index (χ2v) is 5.46. The van der Waals surface area contributed by atoms with Crippen LogP contribution in [0.25, 0.3) is 0 Å². The predicted octanol–water partition coefficient (Wildman–Crippen LogP) is 2.05. The highest BCUT2D eigenvalue weighted by Crippen LogP contribution is 2.30. The number of hydrogen-bond acceptors (Lipinski definition) is 4. The van der Waals surface area contributed by atoms with Gasteiger partial charge in [0.15, 0.2) is 0 Å². The first-order valence-electron chi connectivity index (χ1n) is 6.03. The number of aliphatic hydroxyl groups excluding tert-OH is 1. The van der Waals surface area contributed by atoms with Crippen LogP contribution in [0, 0.1) is 0 Å². The zero-order chi connectivity index (χ0) is 11.5. The summed E-state index contributed by atoms with van der Waals surface area (Å²) in [4.78, 5) is 7.14. The molecule has 4 heteroatoms. The van der Waals surface area contributed by atoms with Crippen LogP contribution in [-0.4, -0.2) is 41.2 Å². The highest BCUT2D eigenvalue weighted by Gasteiger charge is 2.25. The topological polar surface area (TPSA) is 36.4 Å². The van der Waals surface area contributed by atoms with Crippen molar-refractivity contribution in [3.63, 3.8) is 0 Å². The minimum Gasteiger partial charge on any atom is -0.396 e. The third-order valence-corrected chi connectivity index (χ3v) is 4.41. The monoisotopic (exact) mass is 240 g/mol. The molecule has 90 valence electrons. The van der Waals surface area contributed by atoms with Gasteiger partial charge in [-0.05, 0) is 19.5 Å². The lowest BCUT2D eigenvalue weighted by atomic mass is 10.1. The molecule has 0 saturated carbocycles. The molecule has 2 unspecified atom stereocenters. The molecule has 2 atom stereocenters. The Morgan fingerprint density at radius 2 is 2.50 bits per heavy atom. The van der Waals surface area contributed by atoms with E-state index in [0.29, 0.717) is 5.92 Å². The molecule has 3 nitrogen and oxygen atoms in total. The molecule has 0 bridgehead atoms. The highest BCUT2D eigenvalue weighted by atomic mass is 32.1. The van der Waals surface area contributed by atoms with Crippen LogP contribution in [0.5, 0.6) is 0 Å². The Balaban J connectivity index is 2.02. The van der Waals surface area contributed by atoms with E-state index in [0.717, 1.165) is 18.8 Å². The summed E-state index contributed by atoms with van der Waals surface area (Å²) >= 11 is 1.75. The molecule has 0 aromatic carbocycles. The average molecular weight is 240 g/mol. The summed E-state index contributed by atoms with van der Waals surface area (Å²) in [6.45, 7) is 7.91. The van der Waals surface area contributed by atoms with Crippen molar-refractivity contribution in [3.8, 4) is 0 Å². The normalized spacial score (nSPS) is 23.8. The van der Waals surface area contributed by atoms with Crippen molar-refractivity contribution >= 4 is 11.3 Å². The molecule has 0 amide bonds. The van der Waals surface area contributed by atoms with Crippen molar-refractivity contribution in [1.82, 2.24) is 9.88 Å². The van der Waals surface area contributed by atoms with E-state index in [9.17, 15) is 0 Å². The number of likely N-dealkylation sites (N-methyl/N-ethyl adjacent to an activating group) is 1. The molecular formula is C12H20N2OS. The van der Waals surface area contributed by atoms with Crippen LogP contribution in [0.2, 0.25) is 0 Å². The van der Waals surface area contributed by atoms with Gasteiger partial charge >= 0.3 is 0 Å². The van der Waals surface area contributed by atoms with Crippen molar-refractivity contribution in [2.75, 3.05) is 26.2 Å². The quantitative estimate of drug-likeness (QED) is 0.875. The van der Waals surface area contributed by atoms with E-state index < -0.39 is 0 Å². The van der Waals surface area contributed by atoms with Crippen LogP contribution in [0.15, 0.2) is 5.38 Å². The Morgan fingerprint density at radius 1 is 1.69 bits per heavy atom. The molecule has 0 radical (unpaired) electrons. The molecule has 1 aromatic heterocycles. The fourth-order valence-corrected chi connectivity index (χ4v) is 3.20. The zero-order valence-electron chi connectivity index (χ0n) is 10.0. The van der Waals surface area contributed by atoms with E-state index in [4.69, 9.17) is 5.11 Å². The second kappa shape index (κ2) is 5.25. The van der Waals surface area contributed by atoms with E-state index >= 15 is 0 Å². The Bertz CT molecular complexity index is 340. The smallest absolute Gasteiger partial charge is 0.0972 e. The Kier molecular flexibility index (Phi) is 3.95. The minimum atomic E-state index is 0.175. The van der Waals surface area contributed by atoms with E-state index in [2.05, 4.69) is 22.2 Å². The van der Waals surface area contributed by atoms with E-state index in [1.807, 2.05) is 6.92 Å². The van der Waals surface area contributed by atoms with Crippen LogP contribution in [0.4, 0.5) is 0 Å². The largest absolute Gasteiger partial charge is 0.396 e. The van der Waals surface area contributed by atoms with Crippen LogP contribution in [0.3, 0.4) is 0 Å². The van der Waals surface area contributed by atoms with Gasteiger partial charge in [0, 0.05) is 23.8 Å². The molecule has 16 heavy (non-hydrogen) atoms. The van der Waals surface area contributed by atoms with Gasteiger partial charge in [0.2, 0.25) is 0 Å². The molecule has 0 spiro atoms. The summed E-state index contributed by atoms with van der Waals surface area (Å²) in [6.07, 6.45) is 1.23. The first-order chi connectivity index (χ1) is 7.74. The number of aromatic nitrogens is 1. The lowest BCUT2D eigenvalue weighted by Crippen LogP contribution is -2.19. The molecule has 1 aromatic rings. The summed E-state index contributed by atoms with van der Waals surface area (Å²) in [5.41, 5.74) is 1.05. The maximum atomic E-state index is 9.10. The van der Waals surface area contributed by atoms with Crippen molar-refractivity contribution in [2.45, 2.75) is 32.1 Å². The number of nitrogens with zero attached hydrogens (tertiary/aromatic N) is 2. The first kappa shape index (κ1) is 12.0. The lowest BCUT2D eigenvalue weighted by Gasteiger charge is -2.11. The van der Waals surface area contributed by atoms with Gasteiger partial charge in [0.1, 0.15) is 0 Å². The number of likely N-dealkylation sites (tertiary alicyclic amines) is 1. The Morgan fingerprint density at radius 3 is 3.12 bits per heavy atom. The average Bonchev–Trinajstić information content (AvgIpc) is 2.95. The maximum Gasteiger partial charge on any atom is 0.0972 e. The molecule has 0 aliphatic carbocycles. The van der Waals surface area contributed by atoms with E-state index in [1.165, 1.54) is 18.0 Å². The molecule has 1 saturated heterocycles. The summed E-state index contributed by atoms with van der Waals surface area (Å²) in [7, 11) is 0. The maximum absolute atomic E-state index is 9.10. The van der Waals surface area contributed by atoms with Gasteiger partial charge in [0.25, 0.3) is 0 Å². The van der Waals surface area contributed by atoms with Gasteiger partial charge in [0.05, 0.1) is 17.3 Å². The molecule has 2 rings (SSSR count). The minimum absolute atomic E-state index is 0.175. The van der Waals surface area contributed by atoms with Crippen LogP contribution in [-0.2, 0) is 0 Å². The Labute approximate surface area is 101 Å². The summed E-state index contributed by atoms with van der Waals surface area (Å²) < 4.78 is 0. The third kappa shape index (κ3) is 2.44. The van der Waals surface area contributed by atoms with Crippen molar-refractivity contribution in [1.29, 1.82) is 0 Å². The van der Waals surface area contributed by atoms with Crippen molar-refractivity contribution < 1.29 is 5.11 Å². The summed E-state index contributed by atoms with van der Waals surface area (Å²) in [5, 5.41) is 12.5. The summed E-state index contributed by atoms with van der Waals surface area (Å²) in [5.74, 6) is 0.790. The third-order valence-electron chi connectivity index (χ3n) is 3.39. The van der Waals surface area contributed by atoms with Gasteiger partial charge in [-0.2, -0.15) is 0 Å². The van der Waals surface area contributed by atoms with Gasteiger partial charge in [-0.15, -0.1) is 11.3 Å². The van der Waals surface area contributed by atoms with Crippen LogP contribution >= 0.6 is 11.3 Å². The van der Waals surface area contributed by atoms with Crippen LogP contribution in [0.1, 0.15) is 42.8 Å². The number of aliphatic hydroxyl groups is 1. The number of hydrogen-bond donors (Lipinski definition) is 1. The van der Waals surface area contributed by atoms with E-state index in [1.54, 1.807) is 11.3 Å². The number of rotatable bonds is 4. The van der Waals surface area contributed by atoms with Gasteiger partial charge in [-0.1, -0.05) is 13.8 Å². The zero-order valence-corrected chi connectivity index (χ0v) is 10.8. The second-order valence-electron chi connectivity index (χ2n) is 4.57. The standard InChI is InChI=1S/C12H20N2OS/c1-3-14-5-4-10(6-14)12-13-11(8-16-12)9(2)7-15/h8-10,15H,3-7H2,1-2H3. The first-order valence-corrected chi connectivity index (χ1v) is 6.91. The van der Waals surface area contributed by atoms with Crippen molar-refractivity contribution in [2.24, 2.45) is 0 Å². The molecule has 1 fully saturated rings. The fraction of sp³-hybridized carbons (Fsp3) is 0.750. The number of thiazole rings is 1. The van der Waals surface area contributed by atoms with E-state index in [-0.39, 0.29) is 12.5 Å².